The van der Waals surface area contributed by atoms with Crippen molar-refractivity contribution in [3.05, 3.63) is 0 Å². The highest BCUT2D eigenvalue weighted by atomic mass is 32.1. The molecule has 0 saturated heterocycles. The Balaban J connectivity index is 3.67. The summed E-state index contributed by atoms with van der Waals surface area (Å²) in [5, 5.41) is 10.6. The first-order valence-electron chi connectivity index (χ1n) is 2.31. The van der Waals surface area contributed by atoms with Crippen molar-refractivity contribution in [2.24, 2.45) is 0 Å². The lowest BCUT2D eigenvalue weighted by Gasteiger charge is -2.10. The number of carbonyl (C=O) groups excluding carboxylic acids is 1. The van der Waals surface area contributed by atoms with Gasteiger partial charge in [-0.1, -0.05) is 0 Å². The van der Waals surface area contributed by atoms with Gasteiger partial charge < -0.3 is 4.84 Å². The summed E-state index contributed by atoms with van der Waals surface area (Å²) in [4.78, 5) is 14.3. The van der Waals surface area contributed by atoms with Crippen molar-refractivity contribution in [1.82, 2.24) is 5.06 Å². The number of hydrogen-bond donors (Lipinski definition) is 0. The van der Waals surface area contributed by atoms with Crippen LogP contribution >= 0.6 is 12.2 Å². The van der Waals surface area contributed by atoms with Gasteiger partial charge >= 0.3 is 6.09 Å². The summed E-state index contributed by atoms with van der Waals surface area (Å²) in [5.41, 5.74) is 0.860. The van der Waals surface area contributed by atoms with Crippen molar-refractivity contribution in [3.8, 4) is 0 Å². The second-order valence-electron chi connectivity index (χ2n) is 1.16. The van der Waals surface area contributed by atoms with Crippen molar-refractivity contribution in [2.45, 2.75) is 6.92 Å². The van der Waals surface area contributed by atoms with E-state index in [1.54, 1.807) is 6.92 Å². The van der Waals surface area contributed by atoms with Gasteiger partial charge in [-0.15, -0.1) is 5.06 Å². The zero-order valence-electron chi connectivity index (χ0n) is 4.86. The Morgan fingerprint density at radius 2 is 2.44 bits per heavy atom. The van der Waals surface area contributed by atoms with Crippen molar-refractivity contribution in [3.63, 3.8) is 0 Å². The summed E-state index contributed by atoms with van der Waals surface area (Å²) < 4.78 is 0. The van der Waals surface area contributed by atoms with Gasteiger partial charge in [-0.3, -0.25) is 0 Å². The Morgan fingerprint density at radius 1 is 1.89 bits per heavy atom. The Kier molecular flexibility index (Phi) is 3.70. The van der Waals surface area contributed by atoms with Crippen molar-refractivity contribution >= 4 is 23.9 Å². The Labute approximate surface area is 58.0 Å². The van der Waals surface area contributed by atoms with E-state index in [0.717, 1.165) is 5.55 Å². The first kappa shape index (κ1) is 8.16. The second kappa shape index (κ2) is 4.08. The van der Waals surface area contributed by atoms with Crippen molar-refractivity contribution in [2.75, 3.05) is 6.54 Å². The minimum atomic E-state index is -1.39. The van der Waals surface area contributed by atoms with E-state index in [2.05, 4.69) is 17.1 Å². The van der Waals surface area contributed by atoms with E-state index in [-0.39, 0.29) is 6.54 Å². The van der Waals surface area contributed by atoms with Gasteiger partial charge in [0.05, 0.1) is 6.54 Å². The van der Waals surface area contributed by atoms with Gasteiger partial charge in [0.2, 0.25) is 0 Å². The Bertz CT molecular complexity index is 116. The van der Waals surface area contributed by atoms with Crippen molar-refractivity contribution < 1.29 is 14.7 Å². The third-order valence-corrected chi connectivity index (χ3v) is 0.747. The zero-order valence-corrected chi connectivity index (χ0v) is 5.68. The molecule has 0 aromatic heterocycles. The number of hydrogen-bond acceptors (Lipinski definition) is 3. The molecule has 4 nitrogen and oxygen atoms in total. The quantitative estimate of drug-likeness (QED) is 0.438. The SMILES string of the molecule is CCN(OC=S)C([O])=O. The van der Waals surface area contributed by atoms with Crippen LogP contribution in [0.1, 0.15) is 6.92 Å². The van der Waals surface area contributed by atoms with E-state index in [4.69, 9.17) is 0 Å². The Morgan fingerprint density at radius 3 is 2.56 bits per heavy atom. The van der Waals surface area contributed by atoms with Crippen LogP contribution in [0, 0.1) is 0 Å². The molecule has 0 aromatic rings. The molecule has 0 N–H and O–H groups in total. The predicted molar refractivity (Wildman–Crippen MR) is 33.2 cm³/mol. The zero-order chi connectivity index (χ0) is 7.28. The van der Waals surface area contributed by atoms with Gasteiger partial charge in [-0.05, 0) is 19.1 Å². The minimum absolute atomic E-state index is 0.204. The van der Waals surface area contributed by atoms with Gasteiger partial charge in [-0.2, -0.15) is 0 Å². The molecular formula is C4H6NO3S. The average molecular weight is 148 g/mol. The van der Waals surface area contributed by atoms with Gasteiger partial charge in [-0.25, -0.2) is 9.90 Å². The lowest BCUT2D eigenvalue weighted by atomic mass is 10.7. The van der Waals surface area contributed by atoms with Crippen LogP contribution in [0.3, 0.4) is 0 Å². The summed E-state index contributed by atoms with van der Waals surface area (Å²) in [6.07, 6.45) is -1.39. The third kappa shape index (κ3) is 2.86. The van der Waals surface area contributed by atoms with Crippen LogP contribution in [0.5, 0.6) is 0 Å². The molecule has 0 heterocycles. The van der Waals surface area contributed by atoms with Crippen LogP contribution in [-0.2, 0) is 9.94 Å². The van der Waals surface area contributed by atoms with Crippen LogP contribution in [0.15, 0.2) is 0 Å². The average Bonchev–Trinajstić information content (AvgIpc) is 1.82. The molecule has 0 atom stereocenters. The molecule has 0 aliphatic carbocycles. The standard InChI is InChI=1S/C4H6NO3S/c1-2-5(4(6)7)8-3-9/h3H,2H2,1H3. The molecule has 0 aliphatic heterocycles. The molecule has 0 aliphatic rings. The van der Waals surface area contributed by atoms with Crippen molar-refractivity contribution in [1.29, 1.82) is 0 Å². The molecule has 0 unspecified atom stereocenters. The molecule has 9 heavy (non-hydrogen) atoms. The second-order valence-corrected chi connectivity index (χ2v) is 1.35. The first-order valence-corrected chi connectivity index (χ1v) is 2.78. The topological polar surface area (TPSA) is 49.4 Å². The molecule has 0 fully saturated rings. The number of nitrogens with zero attached hydrogens (tertiary/aromatic N) is 1. The van der Waals surface area contributed by atoms with Gasteiger partial charge in [0.15, 0.2) is 5.55 Å². The van der Waals surface area contributed by atoms with E-state index in [1.165, 1.54) is 0 Å². The molecule has 0 bridgehead atoms. The van der Waals surface area contributed by atoms with Crippen LogP contribution in [0.4, 0.5) is 4.79 Å². The number of carbonyl (C=O) groups is 1. The summed E-state index contributed by atoms with van der Waals surface area (Å²) in [5.74, 6) is 0. The highest BCUT2D eigenvalue weighted by Gasteiger charge is 2.09. The summed E-state index contributed by atoms with van der Waals surface area (Å²) in [6.45, 7) is 1.81. The summed E-state index contributed by atoms with van der Waals surface area (Å²) in [6, 6.07) is 0. The van der Waals surface area contributed by atoms with Crippen LogP contribution < -0.4 is 0 Å². The largest absolute Gasteiger partial charge is 0.485 e. The maximum Gasteiger partial charge on any atom is 0.485 e. The number of amides is 1. The monoisotopic (exact) mass is 148 g/mol. The number of hydroxylamine groups is 2. The lowest BCUT2D eigenvalue weighted by molar-refractivity contribution is -0.0450. The summed E-state index contributed by atoms with van der Waals surface area (Å²) in [7, 11) is 0. The molecule has 0 rings (SSSR count). The number of thiocarbonyl (C=S) groups is 1. The molecule has 0 aromatic carbocycles. The van der Waals surface area contributed by atoms with Gasteiger partial charge in [0, 0.05) is 0 Å². The predicted octanol–water partition coefficient (Wildman–Crippen LogP) is 0.748. The van der Waals surface area contributed by atoms with E-state index < -0.39 is 6.09 Å². The fraction of sp³-hybridized carbons (Fsp3) is 0.500. The lowest BCUT2D eigenvalue weighted by Crippen LogP contribution is -2.27. The molecule has 1 radical (unpaired) electrons. The number of rotatable bonds is 3. The van der Waals surface area contributed by atoms with Gasteiger partial charge in [0.1, 0.15) is 0 Å². The maximum atomic E-state index is 9.94. The van der Waals surface area contributed by atoms with E-state index >= 15 is 0 Å². The molecule has 5 heteroatoms. The fourth-order valence-corrected chi connectivity index (χ4v) is 0.403. The minimum Gasteiger partial charge on any atom is -0.370 e. The normalized spacial score (nSPS) is 8.11. The first-order chi connectivity index (χ1) is 4.22. The molecule has 0 spiro atoms. The molecular weight excluding hydrogens is 142 g/mol. The fourth-order valence-electron chi connectivity index (χ4n) is 0.299. The third-order valence-electron chi connectivity index (χ3n) is 0.661. The highest BCUT2D eigenvalue weighted by molar-refractivity contribution is 7.78. The molecule has 51 valence electrons. The Hall–Kier alpha value is -0.840. The molecule has 0 saturated carbocycles. The van der Waals surface area contributed by atoms with E-state index in [0.29, 0.717) is 5.06 Å². The van der Waals surface area contributed by atoms with Gasteiger partial charge in [0.25, 0.3) is 0 Å². The summed E-state index contributed by atoms with van der Waals surface area (Å²) >= 11 is 4.23. The molecule has 1 amide bonds. The van der Waals surface area contributed by atoms with Crippen LogP contribution in [-0.4, -0.2) is 23.3 Å². The van der Waals surface area contributed by atoms with Crippen LogP contribution in [0.2, 0.25) is 0 Å². The van der Waals surface area contributed by atoms with E-state index in [9.17, 15) is 9.90 Å². The maximum absolute atomic E-state index is 9.94. The smallest absolute Gasteiger partial charge is 0.370 e. The highest BCUT2D eigenvalue weighted by Crippen LogP contribution is 1.87. The van der Waals surface area contributed by atoms with Crippen LogP contribution in [0.25, 0.3) is 0 Å². The van der Waals surface area contributed by atoms with E-state index in [1.807, 2.05) is 0 Å².